The van der Waals surface area contributed by atoms with Crippen molar-refractivity contribution in [3.05, 3.63) is 44.4 Å². The Hall–Kier alpha value is -0.0800. The molecule has 112 valence electrons. The maximum Gasteiger partial charge on any atom is 0.0607 e. The van der Waals surface area contributed by atoms with Gasteiger partial charge in [0.1, 0.15) is 0 Å². The molecule has 2 fully saturated rings. The normalized spacial score (nSPS) is 34.5. The number of halogens is 2. The van der Waals surface area contributed by atoms with E-state index in [0.29, 0.717) is 16.2 Å². The molecule has 2 saturated carbocycles. The molecular weight excluding hydrogens is 388 g/mol. The fraction of sp³-hybridized carbons (Fsp3) is 0.579. The largest absolute Gasteiger partial charge is 0.0620 e. The topological polar surface area (TPSA) is 0 Å². The van der Waals surface area contributed by atoms with E-state index in [1.54, 1.807) is 16.7 Å². The van der Waals surface area contributed by atoms with Gasteiger partial charge in [0, 0.05) is 5.41 Å². The third-order valence-electron chi connectivity index (χ3n) is 7.26. The van der Waals surface area contributed by atoms with Crippen molar-refractivity contribution in [3.63, 3.8) is 0 Å². The fourth-order valence-electron chi connectivity index (χ4n) is 6.10. The highest BCUT2D eigenvalue weighted by Gasteiger charge is 2.70. The average Bonchev–Trinajstić information content (AvgIpc) is 2.90. The first kappa shape index (κ1) is 14.5. The van der Waals surface area contributed by atoms with Crippen molar-refractivity contribution in [3.8, 4) is 0 Å². The molecule has 1 spiro atoms. The van der Waals surface area contributed by atoms with Gasteiger partial charge in [0.05, 0.1) is 3.39 Å². The van der Waals surface area contributed by atoms with E-state index in [1.165, 1.54) is 29.1 Å². The van der Waals surface area contributed by atoms with Gasteiger partial charge in [0.25, 0.3) is 0 Å². The molecule has 0 aliphatic heterocycles. The second kappa shape index (κ2) is 4.26. The number of benzene rings is 1. The number of hydrogen-bond donors (Lipinski definition) is 0. The number of rotatable bonds is 0. The van der Waals surface area contributed by atoms with E-state index in [2.05, 4.69) is 76.9 Å². The van der Waals surface area contributed by atoms with E-state index in [1.807, 2.05) is 0 Å². The Morgan fingerprint density at radius 2 is 1.62 bits per heavy atom. The minimum absolute atomic E-state index is 0.321. The molecule has 21 heavy (non-hydrogen) atoms. The molecule has 3 aliphatic carbocycles. The Morgan fingerprint density at radius 1 is 1.05 bits per heavy atom. The molecular formula is C19H22Br2. The average molecular weight is 410 g/mol. The molecule has 1 aromatic rings. The standard InChI is InChI=1S/C19H22Br2/c1-17(2)14-8-9-18(17,3)15(16(20)21)19(14)10-12-6-4-5-7-13(12)11-19/h4-7,14H,8-11H2,1-3H3. The highest BCUT2D eigenvalue weighted by atomic mass is 79.9. The van der Waals surface area contributed by atoms with Crippen molar-refractivity contribution < 1.29 is 0 Å². The van der Waals surface area contributed by atoms with Crippen LogP contribution in [0.4, 0.5) is 0 Å². The zero-order chi connectivity index (χ0) is 15.0. The van der Waals surface area contributed by atoms with Crippen LogP contribution in [0.2, 0.25) is 0 Å². The summed E-state index contributed by atoms with van der Waals surface area (Å²) < 4.78 is 1.22. The van der Waals surface area contributed by atoms with Crippen molar-refractivity contribution in [2.45, 2.75) is 46.5 Å². The van der Waals surface area contributed by atoms with Gasteiger partial charge in [-0.1, -0.05) is 45.0 Å². The quantitative estimate of drug-likeness (QED) is 0.476. The van der Waals surface area contributed by atoms with Gasteiger partial charge in [-0.3, -0.25) is 0 Å². The lowest BCUT2D eigenvalue weighted by Crippen LogP contribution is -2.33. The second-order valence-corrected chi connectivity index (χ2v) is 10.7. The molecule has 2 bridgehead atoms. The predicted octanol–water partition coefficient (Wildman–Crippen LogP) is 6.23. The number of allylic oxidation sites excluding steroid dienone is 1. The molecule has 0 N–H and O–H groups in total. The summed E-state index contributed by atoms with van der Waals surface area (Å²) in [7, 11) is 0. The van der Waals surface area contributed by atoms with Crippen LogP contribution in [0.5, 0.6) is 0 Å². The molecule has 0 heterocycles. The van der Waals surface area contributed by atoms with Crippen LogP contribution in [0.1, 0.15) is 44.7 Å². The van der Waals surface area contributed by atoms with Gasteiger partial charge in [-0.15, -0.1) is 0 Å². The Balaban J connectivity index is 1.94. The first-order chi connectivity index (χ1) is 9.83. The van der Waals surface area contributed by atoms with Crippen molar-refractivity contribution in [1.82, 2.24) is 0 Å². The van der Waals surface area contributed by atoms with Crippen LogP contribution in [0.25, 0.3) is 0 Å². The van der Waals surface area contributed by atoms with Crippen LogP contribution in [0.3, 0.4) is 0 Å². The summed E-state index contributed by atoms with van der Waals surface area (Å²) in [4.78, 5) is 0. The summed E-state index contributed by atoms with van der Waals surface area (Å²) >= 11 is 7.63. The predicted molar refractivity (Wildman–Crippen MR) is 95.8 cm³/mol. The van der Waals surface area contributed by atoms with Gasteiger partial charge < -0.3 is 0 Å². The van der Waals surface area contributed by atoms with Crippen molar-refractivity contribution >= 4 is 31.9 Å². The van der Waals surface area contributed by atoms with Crippen molar-refractivity contribution in [1.29, 1.82) is 0 Å². The van der Waals surface area contributed by atoms with E-state index in [9.17, 15) is 0 Å². The molecule has 3 aliphatic rings. The number of hydrogen-bond acceptors (Lipinski definition) is 0. The summed E-state index contributed by atoms with van der Waals surface area (Å²) in [6, 6.07) is 9.07. The molecule has 0 amide bonds. The van der Waals surface area contributed by atoms with Gasteiger partial charge in [0.15, 0.2) is 0 Å². The molecule has 2 unspecified atom stereocenters. The summed E-state index contributed by atoms with van der Waals surface area (Å²) in [5.74, 6) is 0.794. The minimum atomic E-state index is 0.321. The fourth-order valence-corrected chi connectivity index (χ4v) is 7.77. The summed E-state index contributed by atoms with van der Waals surface area (Å²) in [6.45, 7) is 7.51. The second-order valence-electron chi connectivity index (χ2n) is 8.06. The van der Waals surface area contributed by atoms with Gasteiger partial charge in [-0.25, -0.2) is 0 Å². The van der Waals surface area contributed by atoms with Crippen LogP contribution in [0, 0.1) is 22.2 Å². The molecule has 0 aromatic heterocycles. The lowest BCUT2D eigenvalue weighted by molar-refractivity contribution is 0.141. The monoisotopic (exact) mass is 408 g/mol. The molecule has 2 heteroatoms. The van der Waals surface area contributed by atoms with Gasteiger partial charge in [-0.2, -0.15) is 0 Å². The summed E-state index contributed by atoms with van der Waals surface area (Å²) in [6.07, 6.45) is 5.17. The number of fused-ring (bicyclic) bond motifs is 4. The maximum atomic E-state index is 3.82. The maximum absolute atomic E-state index is 3.82. The van der Waals surface area contributed by atoms with E-state index < -0.39 is 0 Å². The molecule has 0 saturated heterocycles. The Morgan fingerprint density at radius 3 is 2.14 bits per heavy atom. The molecule has 0 nitrogen and oxygen atoms in total. The smallest absolute Gasteiger partial charge is 0.0607 e. The van der Waals surface area contributed by atoms with E-state index in [-0.39, 0.29) is 0 Å². The van der Waals surface area contributed by atoms with Gasteiger partial charge in [0.2, 0.25) is 0 Å². The van der Waals surface area contributed by atoms with Gasteiger partial charge in [-0.05, 0) is 91.0 Å². The van der Waals surface area contributed by atoms with Crippen LogP contribution in [-0.4, -0.2) is 0 Å². The third kappa shape index (κ3) is 1.57. The SMILES string of the molecule is CC12CCC(C3(Cc4ccccc4C3)C1=C(Br)Br)C2(C)C. The Kier molecular flexibility index (Phi) is 2.94. The molecule has 0 radical (unpaired) electrons. The summed E-state index contributed by atoms with van der Waals surface area (Å²) in [5, 5.41) is 0. The third-order valence-corrected chi connectivity index (χ3v) is 8.06. The molecule has 2 atom stereocenters. The highest BCUT2D eigenvalue weighted by Crippen LogP contribution is 2.78. The van der Waals surface area contributed by atoms with Crippen LogP contribution < -0.4 is 0 Å². The lowest BCUT2D eigenvalue weighted by Gasteiger charge is -2.40. The van der Waals surface area contributed by atoms with Crippen LogP contribution in [0.15, 0.2) is 33.2 Å². The van der Waals surface area contributed by atoms with Crippen LogP contribution >= 0.6 is 31.9 Å². The van der Waals surface area contributed by atoms with E-state index >= 15 is 0 Å². The molecule has 1 aromatic carbocycles. The highest BCUT2D eigenvalue weighted by molar-refractivity contribution is 9.28. The Labute approximate surface area is 144 Å². The minimum Gasteiger partial charge on any atom is -0.0620 e. The zero-order valence-electron chi connectivity index (χ0n) is 13.0. The van der Waals surface area contributed by atoms with Crippen molar-refractivity contribution in [2.75, 3.05) is 0 Å². The van der Waals surface area contributed by atoms with E-state index in [0.717, 1.165) is 5.92 Å². The summed E-state index contributed by atoms with van der Waals surface area (Å²) in [5.41, 5.74) is 5.85. The lowest BCUT2D eigenvalue weighted by atomic mass is 9.65. The van der Waals surface area contributed by atoms with Crippen molar-refractivity contribution in [2.24, 2.45) is 22.2 Å². The van der Waals surface area contributed by atoms with Crippen LogP contribution in [-0.2, 0) is 12.8 Å². The Bertz CT molecular complexity index is 626. The first-order valence-electron chi connectivity index (χ1n) is 7.96. The van der Waals surface area contributed by atoms with Gasteiger partial charge >= 0.3 is 0 Å². The zero-order valence-corrected chi connectivity index (χ0v) is 16.1. The van der Waals surface area contributed by atoms with E-state index in [4.69, 9.17) is 0 Å². The molecule has 4 rings (SSSR count). The first-order valence-corrected chi connectivity index (χ1v) is 9.54.